The van der Waals surface area contributed by atoms with Gasteiger partial charge in [-0.3, -0.25) is 15.2 Å². The molecular weight excluding hydrogens is 300 g/mol. The normalized spacial score (nSPS) is 13.4. The SMILES string of the molecule is CCCCCC1=Nc2cnc3ccccc3c2N(C(=O)CCC)N1. The number of benzene rings is 1. The van der Waals surface area contributed by atoms with E-state index in [0.29, 0.717) is 6.42 Å². The predicted molar refractivity (Wildman–Crippen MR) is 98.5 cm³/mol. The van der Waals surface area contributed by atoms with Crippen molar-refractivity contribution in [2.75, 3.05) is 5.01 Å². The number of hydrazine groups is 1. The van der Waals surface area contributed by atoms with Crippen LogP contribution in [0.25, 0.3) is 10.9 Å². The number of amidine groups is 1. The number of rotatable bonds is 6. The number of hydrogen-bond acceptors (Lipinski definition) is 4. The van der Waals surface area contributed by atoms with Crippen molar-refractivity contribution in [2.45, 2.75) is 52.4 Å². The lowest BCUT2D eigenvalue weighted by Gasteiger charge is -2.31. The lowest BCUT2D eigenvalue weighted by atomic mass is 10.1. The Balaban J connectivity index is 2.04. The van der Waals surface area contributed by atoms with Crippen LogP contribution < -0.4 is 10.4 Å². The summed E-state index contributed by atoms with van der Waals surface area (Å²) in [5.74, 6) is 0.912. The molecule has 0 atom stereocenters. The van der Waals surface area contributed by atoms with Gasteiger partial charge in [0.05, 0.1) is 11.7 Å². The van der Waals surface area contributed by atoms with Crippen molar-refractivity contribution in [3.8, 4) is 0 Å². The van der Waals surface area contributed by atoms with Crippen molar-refractivity contribution < 1.29 is 4.79 Å². The third kappa shape index (κ3) is 3.25. The van der Waals surface area contributed by atoms with E-state index in [9.17, 15) is 4.79 Å². The Bertz CT molecular complexity index is 769. The molecule has 126 valence electrons. The second-order valence-electron chi connectivity index (χ2n) is 6.12. The van der Waals surface area contributed by atoms with E-state index in [-0.39, 0.29) is 5.91 Å². The van der Waals surface area contributed by atoms with Crippen LogP contribution in [0.5, 0.6) is 0 Å². The Morgan fingerprint density at radius 2 is 2.00 bits per heavy atom. The molecule has 2 aromatic rings. The van der Waals surface area contributed by atoms with Crippen LogP contribution in [0.2, 0.25) is 0 Å². The van der Waals surface area contributed by atoms with Crippen LogP contribution in [0, 0.1) is 0 Å². The van der Waals surface area contributed by atoms with E-state index in [1.54, 1.807) is 11.2 Å². The minimum atomic E-state index is 0.0676. The summed E-state index contributed by atoms with van der Waals surface area (Å²) in [5.41, 5.74) is 5.71. The van der Waals surface area contributed by atoms with E-state index in [1.165, 1.54) is 0 Å². The zero-order valence-corrected chi connectivity index (χ0v) is 14.4. The van der Waals surface area contributed by atoms with Gasteiger partial charge in [-0.2, -0.15) is 0 Å². The van der Waals surface area contributed by atoms with Gasteiger partial charge in [0.1, 0.15) is 17.2 Å². The molecule has 5 nitrogen and oxygen atoms in total. The van der Waals surface area contributed by atoms with Crippen LogP contribution >= 0.6 is 0 Å². The fourth-order valence-electron chi connectivity index (χ4n) is 2.96. The minimum absolute atomic E-state index is 0.0676. The lowest BCUT2D eigenvalue weighted by Crippen LogP contribution is -2.48. The number of amides is 1. The first-order valence-electron chi connectivity index (χ1n) is 8.79. The van der Waals surface area contributed by atoms with E-state index in [4.69, 9.17) is 4.99 Å². The van der Waals surface area contributed by atoms with Gasteiger partial charge in [-0.25, -0.2) is 10.0 Å². The Morgan fingerprint density at radius 3 is 2.79 bits per heavy atom. The van der Waals surface area contributed by atoms with Gasteiger partial charge in [0, 0.05) is 18.2 Å². The highest BCUT2D eigenvalue weighted by molar-refractivity contribution is 6.10. The largest absolute Gasteiger partial charge is 0.278 e. The topological polar surface area (TPSA) is 57.6 Å². The highest BCUT2D eigenvalue weighted by Gasteiger charge is 2.26. The molecule has 0 fully saturated rings. The summed E-state index contributed by atoms with van der Waals surface area (Å²) in [5, 5.41) is 2.63. The first-order chi connectivity index (χ1) is 11.7. The van der Waals surface area contributed by atoms with E-state index in [1.807, 2.05) is 31.2 Å². The van der Waals surface area contributed by atoms with Crippen molar-refractivity contribution in [2.24, 2.45) is 4.99 Å². The molecule has 0 radical (unpaired) electrons. The molecule has 0 bridgehead atoms. The van der Waals surface area contributed by atoms with Gasteiger partial charge in [-0.05, 0) is 18.9 Å². The van der Waals surface area contributed by atoms with Gasteiger partial charge in [-0.1, -0.05) is 44.9 Å². The third-order valence-electron chi connectivity index (χ3n) is 4.18. The molecule has 2 heterocycles. The number of nitrogens with zero attached hydrogens (tertiary/aromatic N) is 3. The average molecular weight is 324 g/mol. The number of hydrogen-bond donors (Lipinski definition) is 1. The molecule has 24 heavy (non-hydrogen) atoms. The molecule has 1 amide bonds. The zero-order valence-electron chi connectivity index (χ0n) is 14.4. The Hall–Kier alpha value is -2.43. The molecular formula is C19H24N4O. The molecule has 3 rings (SSSR count). The predicted octanol–water partition coefficient (Wildman–Crippen LogP) is 4.50. The quantitative estimate of drug-likeness (QED) is 0.796. The standard InChI is InChI=1S/C19H24N4O/c1-3-5-6-12-17-21-16-13-20-15-11-8-7-10-14(15)19(16)23(22-17)18(24)9-4-2/h7-8,10-11,13H,3-6,9,12H2,1-2H3,(H,21,22). The number of fused-ring (bicyclic) bond motifs is 3. The molecule has 1 aliphatic heterocycles. The highest BCUT2D eigenvalue weighted by Crippen LogP contribution is 2.37. The zero-order chi connectivity index (χ0) is 16.9. The number of unbranched alkanes of at least 4 members (excludes halogenated alkanes) is 2. The first-order valence-corrected chi connectivity index (χ1v) is 8.79. The summed E-state index contributed by atoms with van der Waals surface area (Å²) < 4.78 is 0. The van der Waals surface area contributed by atoms with Gasteiger partial charge in [0.25, 0.3) is 0 Å². The molecule has 1 aliphatic rings. The van der Waals surface area contributed by atoms with E-state index in [2.05, 4.69) is 17.3 Å². The highest BCUT2D eigenvalue weighted by atomic mass is 16.2. The maximum absolute atomic E-state index is 12.7. The smallest absolute Gasteiger partial charge is 0.245 e. The maximum atomic E-state index is 12.7. The maximum Gasteiger partial charge on any atom is 0.245 e. The summed E-state index contributed by atoms with van der Waals surface area (Å²) >= 11 is 0. The molecule has 5 heteroatoms. The van der Waals surface area contributed by atoms with Crippen LogP contribution in [0.15, 0.2) is 35.5 Å². The minimum Gasteiger partial charge on any atom is -0.278 e. The van der Waals surface area contributed by atoms with Crippen molar-refractivity contribution in [1.29, 1.82) is 0 Å². The van der Waals surface area contributed by atoms with Crippen LogP contribution in [-0.4, -0.2) is 16.7 Å². The summed E-state index contributed by atoms with van der Waals surface area (Å²) in [6.45, 7) is 4.20. The number of pyridine rings is 1. The second kappa shape index (κ2) is 7.43. The molecule has 1 aromatic carbocycles. The van der Waals surface area contributed by atoms with Gasteiger partial charge >= 0.3 is 0 Å². The van der Waals surface area contributed by atoms with Gasteiger partial charge < -0.3 is 0 Å². The summed E-state index contributed by atoms with van der Waals surface area (Å²) in [6.07, 6.45) is 7.32. The van der Waals surface area contributed by atoms with Crippen molar-refractivity contribution in [1.82, 2.24) is 10.4 Å². The Morgan fingerprint density at radius 1 is 1.17 bits per heavy atom. The second-order valence-corrected chi connectivity index (χ2v) is 6.12. The molecule has 0 saturated heterocycles. The van der Waals surface area contributed by atoms with E-state index in [0.717, 1.165) is 60.2 Å². The molecule has 0 unspecified atom stereocenters. The number of para-hydroxylation sites is 1. The molecule has 1 aromatic heterocycles. The number of anilines is 1. The van der Waals surface area contributed by atoms with Crippen molar-refractivity contribution >= 4 is 34.0 Å². The monoisotopic (exact) mass is 324 g/mol. The van der Waals surface area contributed by atoms with Gasteiger partial charge in [0.15, 0.2) is 0 Å². The summed E-state index contributed by atoms with van der Waals surface area (Å²) in [4.78, 5) is 21.9. The van der Waals surface area contributed by atoms with Crippen molar-refractivity contribution in [3.05, 3.63) is 30.5 Å². The van der Waals surface area contributed by atoms with Crippen LogP contribution in [0.3, 0.4) is 0 Å². The van der Waals surface area contributed by atoms with Crippen molar-refractivity contribution in [3.63, 3.8) is 0 Å². The fraction of sp³-hybridized carbons (Fsp3) is 0.421. The fourth-order valence-corrected chi connectivity index (χ4v) is 2.96. The van der Waals surface area contributed by atoms with Crippen LogP contribution in [0.4, 0.5) is 11.4 Å². The van der Waals surface area contributed by atoms with Gasteiger partial charge in [-0.15, -0.1) is 0 Å². The van der Waals surface area contributed by atoms with E-state index >= 15 is 0 Å². The Kier molecular flexibility index (Phi) is 5.08. The van der Waals surface area contributed by atoms with E-state index < -0.39 is 0 Å². The molecule has 0 aliphatic carbocycles. The number of carbonyl (C=O) groups excluding carboxylic acids is 1. The van der Waals surface area contributed by atoms with Crippen LogP contribution in [-0.2, 0) is 4.79 Å². The Labute approximate surface area is 142 Å². The number of nitrogens with one attached hydrogen (secondary N) is 1. The first kappa shape index (κ1) is 16.4. The van der Waals surface area contributed by atoms with Gasteiger partial charge in [0.2, 0.25) is 5.91 Å². The van der Waals surface area contributed by atoms with Crippen LogP contribution in [0.1, 0.15) is 52.4 Å². The lowest BCUT2D eigenvalue weighted by molar-refractivity contribution is -0.119. The molecule has 0 saturated carbocycles. The number of aromatic nitrogens is 1. The summed E-state index contributed by atoms with van der Waals surface area (Å²) in [7, 11) is 0. The summed E-state index contributed by atoms with van der Waals surface area (Å²) in [6, 6.07) is 7.87. The number of carbonyl (C=O) groups is 1. The molecule has 1 N–H and O–H groups in total. The average Bonchev–Trinajstić information content (AvgIpc) is 2.61. The number of aliphatic imine (C=N–C) groups is 1. The third-order valence-corrected chi connectivity index (χ3v) is 4.18. The molecule has 0 spiro atoms.